The summed E-state index contributed by atoms with van der Waals surface area (Å²) in [5, 5.41) is 4.23. The monoisotopic (exact) mass is 455 g/mol. The van der Waals surface area contributed by atoms with Crippen LogP contribution < -0.4 is 4.74 Å². The van der Waals surface area contributed by atoms with E-state index in [-0.39, 0.29) is 0 Å². The summed E-state index contributed by atoms with van der Waals surface area (Å²) in [6.07, 6.45) is 5.14. The van der Waals surface area contributed by atoms with Crippen LogP contribution in [0.25, 0.3) is 11.1 Å². The van der Waals surface area contributed by atoms with E-state index in [9.17, 15) is 0 Å². The predicted octanol–water partition coefficient (Wildman–Crippen LogP) is 5.90. The van der Waals surface area contributed by atoms with Crippen LogP contribution in [0, 0.1) is 11.8 Å². The number of hydrogen-bond acceptors (Lipinski definition) is 5. The first-order valence-corrected chi connectivity index (χ1v) is 12.4. The van der Waals surface area contributed by atoms with Gasteiger partial charge in [-0.2, -0.15) is 11.3 Å². The third kappa shape index (κ3) is 10.5. The minimum absolute atomic E-state index is 0.399. The van der Waals surface area contributed by atoms with Crippen molar-refractivity contribution in [1.82, 2.24) is 4.90 Å². The highest BCUT2D eigenvalue weighted by Crippen LogP contribution is 2.25. The maximum absolute atomic E-state index is 5.86. The SMILES string of the molecule is CCCN(CC=CC#CC(C)(C)OCC)CCOCCOc1cccc(-c2ccsc2)c1. The molecule has 32 heavy (non-hydrogen) atoms. The third-order valence-corrected chi connectivity index (χ3v) is 5.40. The van der Waals surface area contributed by atoms with E-state index in [4.69, 9.17) is 14.2 Å². The van der Waals surface area contributed by atoms with Crippen molar-refractivity contribution in [2.45, 2.75) is 39.7 Å². The van der Waals surface area contributed by atoms with Crippen molar-refractivity contribution in [3.05, 3.63) is 53.2 Å². The van der Waals surface area contributed by atoms with E-state index >= 15 is 0 Å². The van der Waals surface area contributed by atoms with Crippen LogP contribution in [0.15, 0.2) is 53.2 Å². The van der Waals surface area contributed by atoms with Gasteiger partial charge in [-0.1, -0.05) is 37.0 Å². The van der Waals surface area contributed by atoms with Crippen LogP contribution in [0.4, 0.5) is 0 Å². The van der Waals surface area contributed by atoms with Gasteiger partial charge in [0.15, 0.2) is 0 Å². The van der Waals surface area contributed by atoms with Crippen LogP contribution in [-0.2, 0) is 9.47 Å². The lowest BCUT2D eigenvalue weighted by molar-refractivity contribution is 0.0362. The summed E-state index contributed by atoms with van der Waals surface area (Å²) in [6.45, 7) is 13.4. The Kier molecular flexibility index (Phi) is 12.2. The van der Waals surface area contributed by atoms with Crippen molar-refractivity contribution in [3.8, 4) is 28.7 Å². The zero-order valence-electron chi connectivity index (χ0n) is 19.9. The molecule has 2 aromatic rings. The summed E-state index contributed by atoms with van der Waals surface area (Å²) in [6, 6.07) is 10.3. The first kappa shape index (κ1) is 26.2. The lowest BCUT2D eigenvalue weighted by atomic mass is 10.1. The zero-order chi connectivity index (χ0) is 23.1. The minimum atomic E-state index is -0.399. The average Bonchev–Trinajstić information content (AvgIpc) is 3.31. The topological polar surface area (TPSA) is 30.9 Å². The van der Waals surface area contributed by atoms with E-state index in [1.165, 1.54) is 11.1 Å². The average molecular weight is 456 g/mol. The number of thiophene rings is 1. The fourth-order valence-corrected chi connectivity index (χ4v) is 3.86. The van der Waals surface area contributed by atoms with Crippen molar-refractivity contribution >= 4 is 11.3 Å². The molecule has 4 nitrogen and oxygen atoms in total. The van der Waals surface area contributed by atoms with Gasteiger partial charge in [-0.3, -0.25) is 4.90 Å². The minimum Gasteiger partial charge on any atom is -0.491 e. The second-order valence-electron chi connectivity index (χ2n) is 7.92. The van der Waals surface area contributed by atoms with E-state index in [0.29, 0.717) is 26.4 Å². The van der Waals surface area contributed by atoms with Gasteiger partial charge in [0.05, 0.1) is 13.2 Å². The van der Waals surface area contributed by atoms with Gasteiger partial charge in [0.2, 0.25) is 0 Å². The molecule has 0 saturated carbocycles. The molecule has 0 atom stereocenters. The molecule has 0 aliphatic rings. The van der Waals surface area contributed by atoms with Gasteiger partial charge in [0.25, 0.3) is 0 Å². The maximum atomic E-state index is 5.86. The molecule has 0 saturated heterocycles. The van der Waals surface area contributed by atoms with Crippen molar-refractivity contribution in [3.63, 3.8) is 0 Å². The molecule has 0 spiro atoms. The summed E-state index contributed by atoms with van der Waals surface area (Å²) >= 11 is 1.70. The quantitative estimate of drug-likeness (QED) is 0.262. The number of allylic oxidation sites excluding steroid dienone is 1. The van der Waals surface area contributed by atoms with E-state index in [2.05, 4.69) is 58.7 Å². The van der Waals surface area contributed by atoms with Crippen LogP contribution in [0.2, 0.25) is 0 Å². The van der Waals surface area contributed by atoms with Crippen molar-refractivity contribution in [2.24, 2.45) is 0 Å². The number of benzene rings is 1. The Bertz CT molecular complexity index is 849. The molecule has 2 rings (SSSR count). The van der Waals surface area contributed by atoms with E-state index in [0.717, 1.165) is 31.8 Å². The van der Waals surface area contributed by atoms with Gasteiger partial charge in [-0.15, -0.1) is 0 Å². The van der Waals surface area contributed by atoms with E-state index in [1.807, 2.05) is 39.0 Å². The summed E-state index contributed by atoms with van der Waals surface area (Å²) in [5.41, 5.74) is 2.01. The Morgan fingerprint density at radius 2 is 1.94 bits per heavy atom. The first-order chi connectivity index (χ1) is 15.5. The van der Waals surface area contributed by atoms with Gasteiger partial charge in [-0.25, -0.2) is 0 Å². The Balaban J connectivity index is 1.65. The second kappa shape index (κ2) is 14.9. The molecule has 0 radical (unpaired) electrons. The molecule has 0 aliphatic carbocycles. The number of ether oxygens (including phenoxy) is 3. The molecule has 1 heterocycles. The molecule has 0 amide bonds. The third-order valence-electron chi connectivity index (χ3n) is 4.72. The molecule has 5 heteroatoms. The fourth-order valence-electron chi connectivity index (χ4n) is 3.19. The molecule has 174 valence electrons. The summed E-state index contributed by atoms with van der Waals surface area (Å²) in [5.74, 6) is 7.11. The summed E-state index contributed by atoms with van der Waals surface area (Å²) in [4.78, 5) is 2.37. The molecule has 0 aliphatic heterocycles. The number of hydrogen-bond donors (Lipinski definition) is 0. The van der Waals surface area contributed by atoms with Gasteiger partial charge < -0.3 is 14.2 Å². The van der Waals surface area contributed by atoms with Gasteiger partial charge >= 0.3 is 0 Å². The Labute approximate surface area is 198 Å². The van der Waals surface area contributed by atoms with E-state index < -0.39 is 5.60 Å². The Morgan fingerprint density at radius 3 is 2.69 bits per heavy atom. The lowest BCUT2D eigenvalue weighted by Crippen LogP contribution is -2.29. The van der Waals surface area contributed by atoms with Gasteiger partial charge in [-0.05, 0) is 79.9 Å². The fraction of sp³-hybridized carbons (Fsp3) is 0.481. The predicted molar refractivity (Wildman–Crippen MR) is 135 cm³/mol. The first-order valence-electron chi connectivity index (χ1n) is 11.4. The van der Waals surface area contributed by atoms with Crippen molar-refractivity contribution in [1.29, 1.82) is 0 Å². The largest absolute Gasteiger partial charge is 0.491 e. The highest BCUT2D eigenvalue weighted by Gasteiger charge is 2.12. The maximum Gasteiger partial charge on any atom is 0.123 e. The molecule has 0 N–H and O–H groups in total. The smallest absolute Gasteiger partial charge is 0.123 e. The highest BCUT2D eigenvalue weighted by atomic mass is 32.1. The highest BCUT2D eigenvalue weighted by molar-refractivity contribution is 7.08. The Morgan fingerprint density at radius 1 is 1.06 bits per heavy atom. The molecular weight excluding hydrogens is 418 g/mol. The Hall–Kier alpha value is -2.10. The van der Waals surface area contributed by atoms with Gasteiger partial charge in [0.1, 0.15) is 18.0 Å². The normalized spacial score (nSPS) is 11.7. The van der Waals surface area contributed by atoms with Gasteiger partial charge in [0, 0.05) is 19.7 Å². The lowest BCUT2D eigenvalue weighted by Gasteiger charge is -2.19. The van der Waals surface area contributed by atoms with Crippen LogP contribution in [0.1, 0.15) is 34.1 Å². The number of nitrogens with zero attached hydrogens (tertiary/aromatic N) is 1. The molecular formula is C27H37NO3S. The zero-order valence-corrected chi connectivity index (χ0v) is 20.7. The van der Waals surface area contributed by atoms with Crippen LogP contribution >= 0.6 is 11.3 Å². The molecule has 1 aromatic carbocycles. The molecule has 0 fully saturated rings. The second-order valence-corrected chi connectivity index (χ2v) is 8.70. The standard InChI is InChI=1S/C27H37NO3S/c1-5-15-28(16-9-7-8-14-27(3,4)31-6-2)17-18-29-19-20-30-26-12-10-11-24(22-26)25-13-21-32-23-25/h7,9-13,21-23H,5-6,15-20H2,1-4H3. The number of rotatable bonds is 14. The van der Waals surface area contributed by atoms with E-state index in [1.54, 1.807) is 11.3 Å². The van der Waals surface area contributed by atoms with Crippen LogP contribution in [0.5, 0.6) is 5.75 Å². The van der Waals surface area contributed by atoms with Crippen molar-refractivity contribution < 1.29 is 14.2 Å². The summed E-state index contributed by atoms with van der Waals surface area (Å²) in [7, 11) is 0. The molecule has 0 bridgehead atoms. The van der Waals surface area contributed by atoms with Crippen molar-refractivity contribution in [2.75, 3.05) is 46.1 Å². The van der Waals surface area contributed by atoms with Crippen LogP contribution in [0.3, 0.4) is 0 Å². The summed E-state index contributed by atoms with van der Waals surface area (Å²) < 4.78 is 17.3. The van der Waals surface area contributed by atoms with Crippen LogP contribution in [-0.4, -0.2) is 56.6 Å². The molecule has 1 aromatic heterocycles. The molecule has 0 unspecified atom stereocenters.